The fraction of sp³-hybridized carbons (Fsp3) is 0.455. The number of aliphatic hydroxyl groups is 1. The van der Waals surface area contributed by atoms with Gasteiger partial charge in [0, 0.05) is 10.5 Å². The van der Waals surface area contributed by atoms with Crippen molar-refractivity contribution >= 4 is 37.6 Å². The normalized spacial score (nSPS) is 24.4. The largest absolute Gasteiger partial charge is 0.391 e. The van der Waals surface area contributed by atoms with Crippen LogP contribution in [0.3, 0.4) is 0 Å². The highest BCUT2D eigenvalue weighted by Gasteiger charge is 2.29. The first-order valence-electron chi connectivity index (χ1n) is 5.55. The number of aliphatic hydroxyl groups excluding tert-OH is 1. The van der Waals surface area contributed by atoms with Crippen molar-refractivity contribution in [3.63, 3.8) is 0 Å². The number of halogens is 2. The van der Waals surface area contributed by atoms with Gasteiger partial charge < -0.3 is 5.11 Å². The fourth-order valence-corrected chi connectivity index (χ4v) is 3.81. The van der Waals surface area contributed by atoms with E-state index >= 15 is 0 Å². The van der Waals surface area contributed by atoms with Gasteiger partial charge >= 0.3 is 0 Å². The van der Waals surface area contributed by atoms with Crippen molar-refractivity contribution in [2.75, 3.05) is 0 Å². The van der Waals surface area contributed by atoms with Crippen molar-refractivity contribution in [1.82, 2.24) is 4.72 Å². The highest BCUT2D eigenvalue weighted by molar-refractivity contribution is 9.10. The van der Waals surface area contributed by atoms with Crippen LogP contribution in [0.4, 0.5) is 0 Å². The zero-order chi connectivity index (χ0) is 13.3. The monoisotopic (exact) mass is 353 g/mol. The van der Waals surface area contributed by atoms with E-state index in [1.165, 1.54) is 12.1 Å². The first kappa shape index (κ1) is 14.3. The second kappa shape index (κ2) is 5.46. The molecule has 18 heavy (non-hydrogen) atoms. The molecule has 0 saturated heterocycles. The molecule has 1 aliphatic rings. The molecule has 0 aliphatic heterocycles. The van der Waals surface area contributed by atoms with Crippen molar-refractivity contribution in [1.29, 1.82) is 0 Å². The first-order chi connectivity index (χ1) is 8.40. The van der Waals surface area contributed by atoms with Gasteiger partial charge in [-0.05, 0) is 53.4 Å². The third kappa shape index (κ3) is 3.05. The molecular formula is C11H13BrClNO3S. The zero-order valence-corrected chi connectivity index (χ0v) is 12.6. The topological polar surface area (TPSA) is 66.4 Å². The van der Waals surface area contributed by atoms with Crippen LogP contribution in [-0.4, -0.2) is 25.7 Å². The molecular weight excluding hydrogens is 342 g/mol. The molecule has 1 fully saturated rings. The number of sulfonamides is 1. The van der Waals surface area contributed by atoms with Crippen LogP contribution in [-0.2, 0) is 10.0 Å². The van der Waals surface area contributed by atoms with E-state index in [4.69, 9.17) is 11.6 Å². The lowest BCUT2D eigenvalue weighted by molar-refractivity contribution is 0.159. The van der Waals surface area contributed by atoms with Gasteiger partial charge in [-0.25, -0.2) is 13.1 Å². The van der Waals surface area contributed by atoms with Gasteiger partial charge in [-0.1, -0.05) is 11.6 Å². The molecule has 0 amide bonds. The fourth-order valence-electron chi connectivity index (χ4n) is 1.99. The minimum absolute atomic E-state index is 0.106. The van der Waals surface area contributed by atoms with E-state index in [0.717, 1.165) is 6.42 Å². The Morgan fingerprint density at radius 2 is 2.11 bits per heavy atom. The number of nitrogens with one attached hydrogen (secondary N) is 1. The molecule has 100 valence electrons. The van der Waals surface area contributed by atoms with Crippen LogP contribution >= 0.6 is 27.5 Å². The summed E-state index contributed by atoms with van der Waals surface area (Å²) in [4.78, 5) is 0.106. The van der Waals surface area contributed by atoms with Gasteiger partial charge in [0.1, 0.15) is 0 Å². The molecule has 7 heteroatoms. The molecule has 0 bridgehead atoms. The molecule has 2 atom stereocenters. The van der Waals surface area contributed by atoms with Crippen LogP contribution in [0, 0.1) is 0 Å². The van der Waals surface area contributed by atoms with Crippen molar-refractivity contribution in [2.45, 2.75) is 36.3 Å². The molecule has 1 aliphatic carbocycles. The van der Waals surface area contributed by atoms with Gasteiger partial charge in [0.05, 0.1) is 16.0 Å². The molecule has 2 rings (SSSR count). The van der Waals surface area contributed by atoms with Crippen LogP contribution in [0.25, 0.3) is 0 Å². The number of benzene rings is 1. The Hall–Kier alpha value is -0.140. The lowest BCUT2D eigenvalue weighted by Crippen LogP contribution is -2.39. The Labute approximate surface area is 120 Å². The SMILES string of the molecule is O=S(=O)(N[C@@H]1CCC[C@H]1O)c1ccc(Br)c(Cl)c1. The summed E-state index contributed by atoms with van der Waals surface area (Å²) in [5, 5.41) is 9.98. The summed E-state index contributed by atoms with van der Waals surface area (Å²) in [5.74, 6) is 0. The second-order valence-corrected chi connectivity index (χ2v) is 7.28. The summed E-state index contributed by atoms with van der Waals surface area (Å²) in [7, 11) is -3.63. The average molecular weight is 355 g/mol. The smallest absolute Gasteiger partial charge is 0.240 e. The van der Waals surface area contributed by atoms with E-state index in [2.05, 4.69) is 20.7 Å². The molecule has 1 aromatic carbocycles. The van der Waals surface area contributed by atoms with E-state index < -0.39 is 22.2 Å². The Morgan fingerprint density at radius 3 is 2.67 bits per heavy atom. The van der Waals surface area contributed by atoms with Crippen LogP contribution in [0.5, 0.6) is 0 Å². The molecule has 1 saturated carbocycles. The van der Waals surface area contributed by atoms with E-state index in [-0.39, 0.29) is 4.90 Å². The van der Waals surface area contributed by atoms with Gasteiger partial charge in [-0.3, -0.25) is 0 Å². The molecule has 1 aromatic rings. The molecule has 0 aromatic heterocycles. The molecule has 0 radical (unpaired) electrons. The van der Waals surface area contributed by atoms with E-state index in [9.17, 15) is 13.5 Å². The van der Waals surface area contributed by atoms with Gasteiger partial charge in [0.15, 0.2) is 0 Å². The Balaban J connectivity index is 2.22. The highest BCUT2D eigenvalue weighted by atomic mass is 79.9. The van der Waals surface area contributed by atoms with Gasteiger partial charge in [0.2, 0.25) is 10.0 Å². The van der Waals surface area contributed by atoms with E-state index in [1.54, 1.807) is 6.07 Å². The van der Waals surface area contributed by atoms with Crippen LogP contribution in [0.1, 0.15) is 19.3 Å². The molecule has 0 spiro atoms. The van der Waals surface area contributed by atoms with Crippen molar-refractivity contribution in [3.8, 4) is 0 Å². The summed E-state index contributed by atoms with van der Waals surface area (Å²) in [6, 6.07) is 4.04. The summed E-state index contributed by atoms with van der Waals surface area (Å²) < 4.78 is 27.4. The van der Waals surface area contributed by atoms with Crippen LogP contribution in [0.15, 0.2) is 27.6 Å². The molecule has 4 nitrogen and oxygen atoms in total. The van der Waals surface area contributed by atoms with E-state index in [0.29, 0.717) is 22.3 Å². The number of rotatable bonds is 3. The predicted octanol–water partition coefficient (Wildman–Crippen LogP) is 2.29. The Bertz CT molecular complexity index is 549. The second-order valence-electron chi connectivity index (χ2n) is 4.30. The van der Waals surface area contributed by atoms with Crippen LogP contribution in [0.2, 0.25) is 5.02 Å². The van der Waals surface area contributed by atoms with Gasteiger partial charge in [-0.15, -0.1) is 0 Å². The highest BCUT2D eigenvalue weighted by Crippen LogP contribution is 2.26. The van der Waals surface area contributed by atoms with Crippen molar-refractivity contribution in [2.24, 2.45) is 0 Å². The molecule has 0 unspecified atom stereocenters. The summed E-state index contributed by atoms with van der Waals surface area (Å²) in [5.41, 5.74) is 0. The minimum atomic E-state index is -3.63. The van der Waals surface area contributed by atoms with Crippen molar-refractivity contribution < 1.29 is 13.5 Å². The summed E-state index contributed by atoms with van der Waals surface area (Å²) >= 11 is 9.08. The lowest BCUT2D eigenvalue weighted by Gasteiger charge is -2.16. The van der Waals surface area contributed by atoms with E-state index in [1.807, 2.05) is 0 Å². The van der Waals surface area contributed by atoms with Gasteiger partial charge in [-0.2, -0.15) is 0 Å². The predicted molar refractivity (Wildman–Crippen MR) is 73.1 cm³/mol. The Morgan fingerprint density at radius 1 is 1.39 bits per heavy atom. The Kier molecular flexibility index (Phi) is 4.33. The molecule has 0 heterocycles. The summed E-state index contributed by atoms with van der Waals surface area (Å²) in [6.07, 6.45) is 1.51. The maximum atomic E-state index is 12.1. The lowest BCUT2D eigenvalue weighted by atomic mass is 10.2. The maximum absolute atomic E-state index is 12.1. The van der Waals surface area contributed by atoms with Crippen molar-refractivity contribution in [3.05, 3.63) is 27.7 Å². The maximum Gasteiger partial charge on any atom is 0.240 e. The standard InChI is InChI=1S/C11H13BrClNO3S/c12-8-5-4-7(6-9(8)13)18(16,17)14-10-2-1-3-11(10)15/h4-6,10-11,14-15H,1-3H2/t10-,11-/m1/s1. The summed E-state index contributed by atoms with van der Waals surface area (Å²) in [6.45, 7) is 0. The van der Waals surface area contributed by atoms with Gasteiger partial charge in [0.25, 0.3) is 0 Å². The first-order valence-corrected chi connectivity index (χ1v) is 8.21. The average Bonchev–Trinajstić information content (AvgIpc) is 2.67. The number of hydrogen-bond donors (Lipinski definition) is 2. The van der Waals surface area contributed by atoms with Crippen LogP contribution < -0.4 is 4.72 Å². The third-order valence-electron chi connectivity index (χ3n) is 2.99. The molecule has 2 N–H and O–H groups in total. The minimum Gasteiger partial charge on any atom is -0.391 e. The zero-order valence-electron chi connectivity index (χ0n) is 9.44. The number of hydrogen-bond acceptors (Lipinski definition) is 3. The quantitative estimate of drug-likeness (QED) is 0.875. The third-order valence-corrected chi connectivity index (χ3v) is 5.71.